The molecular formula is C11H19N3O3S. The van der Waals surface area contributed by atoms with Crippen LogP contribution in [-0.4, -0.2) is 47.2 Å². The molecule has 1 aliphatic carbocycles. The second-order valence-electron chi connectivity index (χ2n) is 4.57. The van der Waals surface area contributed by atoms with Crippen molar-refractivity contribution in [2.45, 2.75) is 43.0 Å². The smallest absolute Gasteiger partial charge is 0.246 e. The van der Waals surface area contributed by atoms with Crippen LogP contribution >= 0.6 is 0 Å². The van der Waals surface area contributed by atoms with E-state index in [2.05, 4.69) is 10.2 Å². The van der Waals surface area contributed by atoms with Gasteiger partial charge in [0.25, 0.3) is 0 Å². The normalized spacial score (nSPS) is 18.3. The molecule has 1 aromatic heterocycles. The van der Waals surface area contributed by atoms with Gasteiger partial charge in [0.05, 0.1) is 12.8 Å². The quantitative estimate of drug-likeness (QED) is 0.828. The van der Waals surface area contributed by atoms with Crippen molar-refractivity contribution in [1.29, 1.82) is 0 Å². The van der Waals surface area contributed by atoms with Gasteiger partial charge in [0.1, 0.15) is 4.90 Å². The SMILES string of the molecule is O=S(=O)(c1cn[nH]c1)N(CCO)C1CCCCC1. The summed E-state index contributed by atoms with van der Waals surface area (Å²) in [7, 11) is -3.54. The largest absolute Gasteiger partial charge is 0.395 e. The summed E-state index contributed by atoms with van der Waals surface area (Å²) in [5.41, 5.74) is 0. The standard InChI is InChI=1S/C11H19N3O3S/c15-7-6-14(10-4-2-1-3-5-10)18(16,17)11-8-12-13-9-11/h8-10,15H,1-7H2,(H,12,13). The van der Waals surface area contributed by atoms with Crippen LogP contribution in [0.4, 0.5) is 0 Å². The van der Waals surface area contributed by atoms with Crippen molar-refractivity contribution in [1.82, 2.24) is 14.5 Å². The van der Waals surface area contributed by atoms with Gasteiger partial charge in [-0.25, -0.2) is 8.42 Å². The van der Waals surface area contributed by atoms with E-state index in [4.69, 9.17) is 5.11 Å². The van der Waals surface area contributed by atoms with Crippen molar-refractivity contribution in [3.05, 3.63) is 12.4 Å². The van der Waals surface area contributed by atoms with Crippen LogP contribution in [0.2, 0.25) is 0 Å². The summed E-state index contributed by atoms with van der Waals surface area (Å²) >= 11 is 0. The Kier molecular flexibility index (Phi) is 4.36. The molecule has 0 unspecified atom stereocenters. The minimum absolute atomic E-state index is 0.00537. The Labute approximate surface area is 107 Å². The van der Waals surface area contributed by atoms with E-state index < -0.39 is 10.0 Å². The lowest BCUT2D eigenvalue weighted by Gasteiger charge is -2.32. The van der Waals surface area contributed by atoms with Crippen LogP contribution in [0.1, 0.15) is 32.1 Å². The molecule has 1 aliphatic rings. The summed E-state index contributed by atoms with van der Waals surface area (Å²) in [4.78, 5) is 0.168. The Morgan fingerprint density at radius 3 is 2.67 bits per heavy atom. The molecule has 7 heteroatoms. The maximum Gasteiger partial charge on any atom is 0.246 e. The zero-order valence-electron chi connectivity index (χ0n) is 10.2. The molecule has 2 rings (SSSR count). The Hall–Kier alpha value is -0.920. The number of aromatic amines is 1. The minimum Gasteiger partial charge on any atom is -0.395 e. The van der Waals surface area contributed by atoms with Gasteiger partial charge in [0.2, 0.25) is 10.0 Å². The highest BCUT2D eigenvalue weighted by Crippen LogP contribution is 2.27. The van der Waals surface area contributed by atoms with Crippen molar-refractivity contribution in [3.63, 3.8) is 0 Å². The van der Waals surface area contributed by atoms with Crippen molar-refractivity contribution in [2.24, 2.45) is 0 Å². The molecule has 0 aromatic carbocycles. The maximum absolute atomic E-state index is 12.4. The molecule has 1 saturated carbocycles. The molecule has 0 amide bonds. The lowest BCUT2D eigenvalue weighted by atomic mass is 9.95. The van der Waals surface area contributed by atoms with Crippen LogP contribution < -0.4 is 0 Å². The van der Waals surface area contributed by atoms with Gasteiger partial charge in [-0.05, 0) is 12.8 Å². The third-order valence-corrected chi connectivity index (χ3v) is 5.30. The molecular weight excluding hydrogens is 254 g/mol. The van der Waals surface area contributed by atoms with E-state index in [1.807, 2.05) is 0 Å². The highest BCUT2D eigenvalue weighted by atomic mass is 32.2. The van der Waals surface area contributed by atoms with Gasteiger partial charge >= 0.3 is 0 Å². The van der Waals surface area contributed by atoms with Gasteiger partial charge < -0.3 is 5.11 Å². The summed E-state index contributed by atoms with van der Waals surface area (Å²) in [6, 6.07) is 0.00537. The second kappa shape index (κ2) is 5.81. The van der Waals surface area contributed by atoms with E-state index in [9.17, 15) is 8.42 Å². The molecule has 1 fully saturated rings. The predicted molar refractivity (Wildman–Crippen MR) is 66.4 cm³/mol. The summed E-state index contributed by atoms with van der Waals surface area (Å²) < 4.78 is 26.3. The van der Waals surface area contributed by atoms with Crippen molar-refractivity contribution < 1.29 is 13.5 Å². The molecule has 6 nitrogen and oxygen atoms in total. The maximum atomic E-state index is 12.4. The van der Waals surface area contributed by atoms with Gasteiger partial charge in [-0.2, -0.15) is 9.40 Å². The molecule has 1 aromatic rings. The first-order valence-electron chi connectivity index (χ1n) is 6.28. The second-order valence-corrected chi connectivity index (χ2v) is 6.46. The van der Waals surface area contributed by atoms with E-state index in [1.165, 1.54) is 16.7 Å². The molecule has 18 heavy (non-hydrogen) atoms. The molecule has 0 spiro atoms. The number of nitrogens with zero attached hydrogens (tertiary/aromatic N) is 2. The van der Waals surface area contributed by atoms with E-state index in [1.54, 1.807) is 0 Å². The molecule has 0 saturated heterocycles. The zero-order chi connectivity index (χ0) is 13.0. The van der Waals surface area contributed by atoms with Gasteiger partial charge in [-0.15, -0.1) is 0 Å². The fraction of sp³-hybridized carbons (Fsp3) is 0.727. The summed E-state index contributed by atoms with van der Waals surface area (Å²) in [6.45, 7) is -0.00817. The van der Waals surface area contributed by atoms with E-state index in [-0.39, 0.29) is 24.1 Å². The highest BCUT2D eigenvalue weighted by molar-refractivity contribution is 7.89. The van der Waals surface area contributed by atoms with Crippen LogP contribution in [-0.2, 0) is 10.0 Å². The number of sulfonamides is 1. The fourth-order valence-electron chi connectivity index (χ4n) is 2.48. The average molecular weight is 273 g/mol. The molecule has 102 valence electrons. The van der Waals surface area contributed by atoms with Crippen LogP contribution in [0.3, 0.4) is 0 Å². The van der Waals surface area contributed by atoms with Crippen molar-refractivity contribution >= 4 is 10.0 Å². The number of rotatable bonds is 5. The molecule has 0 atom stereocenters. The number of aromatic nitrogens is 2. The van der Waals surface area contributed by atoms with Crippen LogP contribution in [0, 0.1) is 0 Å². The number of aliphatic hydroxyl groups excluding tert-OH is 1. The Balaban J connectivity index is 2.23. The minimum atomic E-state index is -3.54. The predicted octanol–water partition coefficient (Wildman–Crippen LogP) is 0.725. The summed E-state index contributed by atoms with van der Waals surface area (Å²) in [5, 5.41) is 15.3. The van der Waals surface area contributed by atoms with Gasteiger partial charge in [-0.1, -0.05) is 19.3 Å². The lowest BCUT2D eigenvalue weighted by molar-refractivity contribution is 0.199. The highest BCUT2D eigenvalue weighted by Gasteiger charge is 2.32. The van der Waals surface area contributed by atoms with E-state index in [0.717, 1.165) is 32.1 Å². The molecule has 2 N–H and O–H groups in total. The number of aliphatic hydroxyl groups is 1. The topological polar surface area (TPSA) is 86.3 Å². The zero-order valence-corrected chi connectivity index (χ0v) is 11.1. The van der Waals surface area contributed by atoms with Crippen molar-refractivity contribution in [3.8, 4) is 0 Å². The third kappa shape index (κ3) is 2.73. The third-order valence-electron chi connectivity index (χ3n) is 3.38. The first-order valence-corrected chi connectivity index (χ1v) is 7.72. The van der Waals surface area contributed by atoms with E-state index in [0.29, 0.717) is 0 Å². The first-order chi connectivity index (χ1) is 8.66. The number of H-pyrrole nitrogens is 1. The molecule has 1 heterocycles. The lowest BCUT2D eigenvalue weighted by Crippen LogP contribution is -2.42. The summed E-state index contributed by atoms with van der Waals surface area (Å²) in [6.07, 6.45) is 7.69. The van der Waals surface area contributed by atoms with Crippen LogP contribution in [0.25, 0.3) is 0 Å². The first kappa shape index (κ1) is 13.5. The van der Waals surface area contributed by atoms with Crippen molar-refractivity contribution in [2.75, 3.05) is 13.2 Å². The molecule has 0 aliphatic heterocycles. The van der Waals surface area contributed by atoms with Crippen LogP contribution in [0.15, 0.2) is 17.3 Å². The Morgan fingerprint density at radius 2 is 2.11 bits per heavy atom. The summed E-state index contributed by atoms with van der Waals surface area (Å²) in [5.74, 6) is 0. The van der Waals surface area contributed by atoms with Crippen LogP contribution in [0.5, 0.6) is 0 Å². The fourth-order valence-corrected chi connectivity index (χ4v) is 4.07. The Bertz CT molecular complexity index is 452. The molecule has 0 radical (unpaired) electrons. The Morgan fingerprint density at radius 1 is 1.39 bits per heavy atom. The number of hydrogen-bond acceptors (Lipinski definition) is 4. The number of nitrogens with one attached hydrogen (secondary N) is 1. The van der Waals surface area contributed by atoms with Gasteiger partial charge in [0, 0.05) is 18.8 Å². The monoisotopic (exact) mass is 273 g/mol. The average Bonchev–Trinajstić information content (AvgIpc) is 2.91. The van der Waals surface area contributed by atoms with Gasteiger partial charge in [0.15, 0.2) is 0 Å². The molecule has 0 bridgehead atoms. The van der Waals surface area contributed by atoms with E-state index >= 15 is 0 Å². The number of hydrogen-bond donors (Lipinski definition) is 2. The van der Waals surface area contributed by atoms with Gasteiger partial charge in [-0.3, -0.25) is 5.10 Å².